The SMILES string of the molecule is Fc1cc(Cn2cnc3cccnc32)c(F)c2sc(NC3CCCCC3)nc12. The molecule has 8 heteroatoms. The van der Waals surface area contributed by atoms with Gasteiger partial charge in [0, 0.05) is 17.8 Å². The molecule has 0 aliphatic heterocycles. The molecule has 1 aromatic carbocycles. The van der Waals surface area contributed by atoms with Crippen LogP contribution >= 0.6 is 11.3 Å². The van der Waals surface area contributed by atoms with Crippen LogP contribution in [0.4, 0.5) is 13.9 Å². The fraction of sp³-hybridized carbons (Fsp3) is 0.350. The summed E-state index contributed by atoms with van der Waals surface area (Å²) in [5.74, 6) is -0.930. The Bertz CT molecular complexity index is 1150. The van der Waals surface area contributed by atoms with Crippen LogP contribution in [0, 0.1) is 11.6 Å². The largest absolute Gasteiger partial charge is 0.359 e. The maximum absolute atomic E-state index is 15.2. The minimum absolute atomic E-state index is 0.0955. The second kappa shape index (κ2) is 7.09. The van der Waals surface area contributed by atoms with Gasteiger partial charge in [0.05, 0.1) is 17.6 Å². The molecule has 1 saturated carbocycles. The van der Waals surface area contributed by atoms with Gasteiger partial charge < -0.3 is 9.88 Å². The average Bonchev–Trinajstić information content (AvgIpc) is 3.32. The van der Waals surface area contributed by atoms with Crippen LogP contribution in [0.15, 0.2) is 30.7 Å². The van der Waals surface area contributed by atoms with E-state index < -0.39 is 11.6 Å². The van der Waals surface area contributed by atoms with E-state index in [1.807, 2.05) is 6.07 Å². The Morgan fingerprint density at radius 3 is 2.89 bits per heavy atom. The summed E-state index contributed by atoms with van der Waals surface area (Å²) in [5.41, 5.74) is 1.73. The van der Waals surface area contributed by atoms with E-state index in [1.165, 1.54) is 36.7 Å². The van der Waals surface area contributed by atoms with Crippen LogP contribution in [0.3, 0.4) is 0 Å². The first-order valence-electron chi connectivity index (χ1n) is 9.49. The summed E-state index contributed by atoms with van der Waals surface area (Å²) in [6.07, 6.45) is 9.03. The zero-order valence-corrected chi connectivity index (χ0v) is 16.0. The van der Waals surface area contributed by atoms with E-state index in [0.29, 0.717) is 16.8 Å². The fourth-order valence-corrected chi connectivity index (χ4v) is 4.87. The van der Waals surface area contributed by atoms with E-state index in [-0.39, 0.29) is 22.3 Å². The highest BCUT2D eigenvalue weighted by atomic mass is 32.1. The van der Waals surface area contributed by atoms with Gasteiger partial charge in [0.15, 0.2) is 16.6 Å². The normalized spacial score (nSPS) is 15.5. The smallest absolute Gasteiger partial charge is 0.184 e. The molecule has 0 saturated heterocycles. The molecule has 5 nitrogen and oxygen atoms in total. The molecular weight excluding hydrogens is 380 g/mol. The van der Waals surface area contributed by atoms with Gasteiger partial charge in [-0.3, -0.25) is 0 Å². The minimum Gasteiger partial charge on any atom is -0.359 e. The number of aromatic nitrogens is 4. The van der Waals surface area contributed by atoms with E-state index >= 15 is 4.39 Å². The van der Waals surface area contributed by atoms with Crippen molar-refractivity contribution in [3.63, 3.8) is 0 Å². The number of anilines is 1. The highest BCUT2D eigenvalue weighted by Crippen LogP contribution is 2.34. The first-order chi connectivity index (χ1) is 13.7. The predicted molar refractivity (Wildman–Crippen MR) is 107 cm³/mol. The lowest BCUT2D eigenvalue weighted by molar-refractivity contribution is 0.462. The third-order valence-corrected chi connectivity index (χ3v) is 6.26. The van der Waals surface area contributed by atoms with Crippen LogP contribution in [-0.2, 0) is 6.54 Å². The Balaban J connectivity index is 1.49. The Labute approximate surface area is 164 Å². The van der Waals surface area contributed by atoms with Gasteiger partial charge in [0.25, 0.3) is 0 Å². The maximum Gasteiger partial charge on any atom is 0.184 e. The molecule has 3 heterocycles. The number of fused-ring (bicyclic) bond motifs is 2. The van der Waals surface area contributed by atoms with Gasteiger partial charge in [-0.05, 0) is 31.0 Å². The second-order valence-corrected chi connectivity index (χ2v) is 8.23. The Morgan fingerprint density at radius 2 is 2.04 bits per heavy atom. The van der Waals surface area contributed by atoms with Crippen molar-refractivity contribution >= 4 is 37.8 Å². The number of rotatable bonds is 4. The molecule has 0 amide bonds. The lowest BCUT2D eigenvalue weighted by Gasteiger charge is -2.22. The molecule has 0 spiro atoms. The van der Waals surface area contributed by atoms with Crippen LogP contribution < -0.4 is 5.32 Å². The van der Waals surface area contributed by atoms with Crippen molar-refractivity contribution < 1.29 is 8.78 Å². The molecule has 1 aliphatic rings. The fourth-order valence-electron chi connectivity index (χ4n) is 3.86. The van der Waals surface area contributed by atoms with Crippen LogP contribution in [0.2, 0.25) is 0 Å². The number of hydrogen-bond donors (Lipinski definition) is 1. The van der Waals surface area contributed by atoms with Crippen LogP contribution in [-0.4, -0.2) is 25.6 Å². The van der Waals surface area contributed by atoms with Crippen molar-refractivity contribution in [2.24, 2.45) is 0 Å². The Kier molecular flexibility index (Phi) is 4.43. The lowest BCUT2D eigenvalue weighted by Crippen LogP contribution is -2.21. The summed E-state index contributed by atoms with van der Waals surface area (Å²) in [4.78, 5) is 12.9. The van der Waals surface area contributed by atoms with E-state index in [9.17, 15) is 4.39 Å². The highest BCUT2D eigenvalue weighted by molar-refractivity contribution is 7.22. The van der Waals surface area contributed by atoms with E-state index in [2.05, 4.69) is 20.3 Å². The number of nitrogens with zero attached hydrogens (tertiary/aromatic N) is 4. The molecule has 1 aliphatic carbocycles. The first-order valence-corrected chi connectivity index (χ1v) is 10.3. The standard InChI is InChI=1S/C20H19F2N5S/c21-14-9-12(10-27-11-24-15-7-4-8-23-19(15)27)16(22)18-17(14)26-20(28-18)25-13-5-2-1-3-6-13/h4,7-9,11,13H,1-3,5-6,10H2,(H,25,26). The molecule has 3 aromatic heterocycles. The zero-order chi connectivity index (χ0) is 19.1. The van der Waals surface area contributed by atoms with Gasteiger partial charge in [-0.2, -0.15) is 0 Å². The minimum atomic E-state index is -0.503. The van der Waals surface area contributed by atoms with E-state index in [1.54, 1.807) is 23.2 Å². The topological polar surface area (TPSA) is 55.6 Å². The summed E-state index contributed by atoms with van der Waals surface area (Å²) in [6, 6.07) is 5.20. The number of benzene rings is 1. The van der Waals surface area contributed by atoms with E-state index in [0.717, 1.165) is 18.4 Å². The van der Waals surface area contributed by atoms with Crippen molar-refractivity contribution in [3.8, 4) is 0 Å². The van der Waals surface area contributed by atoms with Crippen LogP contribution in [0.5, 0.6) is 0 Å². The monoisotopic (exact) mass is 399 g/mol. The number of halogens is 2. The molecule has 144 valence electrons. The molecular formula is C20H19F2N5S. The Morgan fingerprint density at radius 1 is 1.18 bits per heavy atom. The number of nitrogens with one attached hydrogen (secondary N) is 1. The van der Waals surface area contributed by atoms with Crippen molar-refractivity contribution in [2.75, 3.05) is 5.32 Å². The van der Waals surface area contributed by atoms with Crippen molar-refractivity contribution in [2.45, 2.75) is 44.7 Å². The molecule has 0 radical (unpaired) electrons. The molecule has 0 atom stereocenters. The second-order valence-electron chi connectivity index (χ2n) is 7.23. The molecule has 28 heavy (non-hydrogen) atoms. The summed E-state index contributed by atoms with van der Waals surface area (Å²) in [6.45, 7) is 0.162. The first kappa shape index (κ1) is 17.5. The molecule has 1 fully saturated rings. The molecule has 5 rings (SSSR count). The van der Waals surface area contributed by atoms with Crippen molar-refractivity contribution in [1.82, 2.24) is 19.5 Å². The average molecular weight is 399 g/mol. The zero-order valence-electron chi connectivity index (χ0n) is 15.2. The Hall–Kier alpha value is -2.61. The number of pyridine rings is 1. The number of thiazole rings is 1. The van der Waals surface area contributed by atoms with Gasteiger partial charge in [-0.1, -0.05) is 30.6 Å². The lowest BCUT2D eigenvalue weighted by atomic mass is 9.96. The van der Waals surface area contributed by atoms with Crippen molar-refractivity contribution in [3.05, 3.63) is 47.9 Å². The molecule has 0 bridgehead atoms. The van der Waals surface area contributed by atoms with Gasteiger partial charge in [0.1, 0.15) is 16.9 Å². The third kappa shape index (κ3) is 3.11. The molecule has 0 unspecified atom stereocenters. The highest BCUT2D eigenvalue weighted by Gasteiger charge is 2.20. The van der Waals surface area contributed by atoms with Crippen LogP contribution in [0.1, 0.15) is 37.7 Å². The summed E-state index contributed by atoms with van der Waals surface area (Å²) < 4.78 is 31.8. The summed E-state index contributed by atoms with van der Waals surface area (Å²) in [5, 5.41) is 3.95. The van der Waals surface area contributed by atoms with Gasteiger partial charge in [0.2, 0.25) is 0 Å². The molecule has 1 N–H and O–H groups in total. The number of imidazole rings is 1. The quantitative estimate of drug-likeness (QED) is 0.518. The molecule has 4 aromatic rings. The predicted octanol–water partition coefficient (Wildman–Crippen LogP) is 5.11. The van der Waals surface area contributed by atoms with E-state index in [4.69, 9.17) is 0 Å². The maximum atomic E-state index is 15.2. The third-order valence-electron chi connectivity index (χ3n) is 5.28. The number of hydrogen-bond acceptors (Lipinski definition) is 5. The summed E-state index contributed by atoms with van der Waals surface area (Å²) in [7, 11) is 0. The van der Waals surface area contributed by atoms with Gasteiger partial charge in [-0.15, -0.1) is 0 Å². The van der Waals surface area contributed by atoms with Gasteiger partial charge in [-0.25, -0.2) is 23.7 Å². The van der Waals surface area contributed by atoms with Crippen LogP contribution in [0.25, 0.3) is 21.4 Å². The van der Waals surface area contributed by atoms with Crippen molar-refractivity contribution in [1.29, 1.82) is 0 Å². The summed E-state index contributed by atoms with van der Waals surface area (Å²) >= 11 is 1.18. The van der Waals surface area contributed by atoms with Gasteiger partial charge >= 0.3 is 0 Å².